The van der Waals surface area contributed by atoms with E-state index in [9.17, 15) is 0 Å². The van der Waals surface area contributed by atoms with Crippen molar-refractivity contribution >= 4 is 57.6 Å². The number of hydrogen-bond donors (Lipinski definition) is 0. The third-order valence-corrected chi connectivity index (χ3v) is 9.24. The van der Waals surface area contributed by atoms with Crippen molar-refractivity contribution in [2.45, 2.75) is 13.8 Å². The average molecular weight is 589 g/mol. The Morgan fingerprint density at radius 3 is 0.463 bits per heavy atom. The van der Waals surface area contributed by atoms with E-state index < -0.39 is 0 Å². The zero-order valence-corrected chi connectivity index (χ0v) is 26.8. The fourth-order valence-electron chi connectivity index (χ4n) is 3.63. The Kier molecular flexibility index (Phi) is 16.0. The van der Waals surface area contributed by atoms with Crippen LogP contribution in [0.5, 0.6) is 0 Å². The SMILES string of the molecule is CC.c1ccc(Pc2ccccc2)cc1.c1ccc(Pc2ccccc2)cc1.c1ccc(Pc2ccccc2)cc1. The second kappa shape index (κ2) is 20.5. The molecule has 0 aliphatic heterocycles. The maximum atomic E-state index is 2.17. The minimum Gasteiger partial charge on any atom is -0.0683 e. The molecule has 0 amide bonds. The maximum Gasteiger partial charge on any atom is -0.0226 e. The first-order valence-electron chi connectivity index (χ1n) is 14.0. The molecule has 0 heterocycles. The molecule has 0 spiro atoms. The summed E-state index contributed by atoms with van der Waals surface area (Å²) in [5, 5.41) is 8.38. The lowest BCUT2D eigenvalue weighted by molar-refractivity contribution is 1.50. The van der Waals surface area contributed by atoms with E-state index in [1.807, 2.05) is 13.8 Å². The second-order valence-electron chi connectivity index (χ2n) is 8.57. The van der Waals surface area contributed by atoms with Crippen molar-refractivity contribution in [2.75, 3.05) is 0 Å². The van der Waals surface area contributed by atoms with E-state index in [4.69, 9.17) is 0 Å². The smallest absolute Gasteiger partial charge is 0.0226 e. The Morgan fingerprint density at radius 1 is 0.220 bits per heavy atom. The van der Waals surface area contributed by atoms with Crippen molar-refractivity contribution in [3.8, 4) is 0 Å². The van der Waals surface area contributed by atoms with Crippen molar-refractivity contribution in [3.63, 3.8) is 0 Å². The van der Waals surface area contributed by atoms with E-state index in [0.29, 0.717) is 0 Å². The van der Waals surface area contributed by atoms with Crippen LogP contribution < -0.4 is 31.8 Å². The van der Waals surface area contributed by atoms with E-state index in [-0.39, 0.29) is 0 Å². The Labute approximate surface area is 252 Å². The van der Waals surface area contributed by atoms with Crippen LogP contribution >= 0.6 is 25.7 Å². The summed E-state index contributed by atoms with van der Waals surface area (Å²) in [6.07, 6.45) is 0. The minimum atomic E-state index is 0.777. The first-order valence-corrected chi connectivity index (χ1v) is 17.0. The Hall–Kier alpha value is -3.39. The highest BCUT2D eigenvalue weighted by Crippen LogP contribution is 2.10. The van der Waals surface area contributed by atoms with Gasteiger partial charge in [0.25, 0.3) is 0 Å². The third kappa shape index (κ3) is 13.7. The molecule has 0 N–H and O–H groups in total. The van der Waals surface area contributed by atoms with Gasteiger partial charge < -0.3 is 0 Å². The second-order valence-corrected chi connectivity index (χ2v) is 12.8. The summed E-state index contributed by atoms with van der Waals surface area (Å²) in [4.78, 5) is 0. The highest BCUT2D eigenvalue weighted by Gasteiger charge is 1.94. The molecule has 0 nitrogen and oxygen atoms in total. The van der Waals surface area contributed by atoms with Crippen LogP contribution in [0.1, 0.15) is 13.8 Å². The van der Waals surface area contributed by atoms with E-state index >= 15 is 0 Å². The van der Waals surface area contributed by atoms with Gasteiger partial charge in [-0.15, -0.1) is 0 Å². The van der Waals surface area contributed by atoms with Gasteiger partial charge in [0.2, 0.25) is 0 Å². The summed E-state index contributed by atoms with van der Waals surface area (Å²) in [5.41, 5.74) is 0. The maximum absolute atomic E-state index is 2.17. The van der Waals surface area contributed by atoms with Crippen LogP contribution in [0.4, 0.5) is 0 Å². The van der Waals surface area contributed by atoms with Gasteiger partial charge in [0.15, 0.2) is 0 Å². The van der Waals surface area contributed by atoms with Gasteiger partial charge in [-0.25, -0.2) is 0 Å². The summed E-state index contributed by atoms with van der Waals surface area (Å²) in [6.45, 7) is 4.00. The lowest BCUT2D eigenvalue weighted by atomic mass is 10.4. The Balaban J connectivity index is 0.000000164. The molecular formula is C38H39P3. The van der Waals surface area contributed by atoms with Crippen molar-refractivity contribution < 1.29 is 0 Å². The summed E-state index contributed by atoms with van der Waals surface area (Å²) in [5.74, 6) is 0. The molecule has 206 valence electrons. The van der Waals surface area contributed by atoms with Gasteiger partial charge in [-0.1, -0.05) is 222 Å². The summed E-state index contributed by atoms with van der Waals surface area (Å²) in [7, 11) is 2.33. The molecule has 0 bridgehead atoms. The quantitative estimate of drug-likeness (QED) is 0.173. The van der Waals surface area contributed by atoms with Crippen LogP contribution in [0.3, 0.4) is 0 Å². The van der Waals surface area contributed by atoms with Crippen molar-refractivity contribution in [1.29, 1.82) is 0 Å². The molecule has 41 heavy (non-hydrogen) atoms. The highest BCUT2D eigenvalue weighted by atomic mass is 31.1. The molecule has 0 aliphatic carbocycles. The predicted octanol–water partition coefficient (Wildman–Crippen LogP) is 7.97. The number of rotatable bonds is 6. The van der Waals surface area contributed by atoms with E-state index in [2.05, 4.69) is 182 Å². The van der Waals surface area contributed by atoms with Crippen molar-refractivity contribution in [3.05, 3.63) is 182 Å². The molecule has 0 aliphatic rings. The Morgan fingerprint density at radius 2 is 0.341 bits per heavy atom. The van der Waals surface area contributed by atoms with Crippen LogP contribution in [0.25, 0.3) is 0 Å². The molecule has 0 atom stereocenters. The molecule has 0 saturated heterocycles. The van der Waals surface area contributed by atoms with Crippen LogP contribution in [0.15, 0.2) is 182 Å². The average Bonchev–Trinajstić information content (AvgIpc) is 3.06. The monoisotopic (exact) mass is 588 g/mol. The van der Waals surface area contributed by atoms with Crippen molar-refractivity contribution in [2.24, 2.45) is 0 Å². The summed E-state index contributed by atoms with van der Waals surface area (Å²) >= 11 is 0. The molecule has 0 fully saturated rings. The molecule has 0 unspecified atom stereocenters. The zero-order valence-electron chi connectivity index (χ0n) is 23.8. The molecule has 6 rings (SSSR count). The predicted molar refractivity (Wildman–Crippen MR) is 193 cm³/mol. The van der Waals surface area contributed by atoms with Gasteiger partial charge in [-0.05, 0) is 31.8 Å². The highest BCUT2D eigenvalue weighted by molar-refractivity contribution is 7.56. The number of hydrogen-bond acceptors (Lipinski definition) is 0. The van der Waals surface area contributed by atoms with Gasteiger partial charge in [-0.2, -0.15) is 0 Å². The van der Waals surface area contributed by atoms with E-state index in [1.54, 1.807) is 0 Å². The van der Waals surface area contributed by atoms with Gasteiger partial charge in [-0.3, -0.25) is 0 Å². The normalized spacial score (nSPS) is 9.51. The largest absolute Gasteiger partial charge is 0.0683 e. The van der Waals surface area contributed by atoms with Gasteiger partial charge in [0.1, 0.15) is 0 Å². The molecular weight excluding hydrogens is 549 g/mol. The van der Waals surface area contributed by atoms with E-state index in [0.717, 1.165) is 25.7 Å². The van der Waals surface area contributed by atoms with Crippen LogP contribution in [-0.2, 0) is 0 Å². The molecule has 0 radical (unpaired) electrons. The number of benzene rings is 6. The topological polar surface area (TPSA) is 0 Å². The first kappa shape index (κ1) is 32.1. The van der Waals surface area contributed by atoms with Gasteiger partial charge in [0.05, 0.1) is 0 Å². The molecule has 0 saturated carbocycles. The van der Waals surface area contributed by atoms with Crippen LogP contribution in [0, 0.1) is 0 Å². The third-order valence-electron chi connectivity index (χ3n) is 5.51. The minimum absolute atomic E-state index is 0.777. The fourth-order valence-corrected chi connectivity index (χ4v) is 6.78. The van der Waals surface area contributed by atoms with E-state index in [1.165, 1.54) is 31.8 Å². The molecule has 0 aromatic heterocycles. The summed E-state index contributed by atoms with van der Waals surface area (Å²) in [6, 6.07) is 63.5. The standard InChI is InChI=1S/3C12H11P.C2H6/c3*1-3-7-11(8-4-1)13-12-9-5-2-6-10-12;1-2/h3*1-10,13H;1-2H3. The van der Waals surface area contributed by atoms with Crippen LogP contribution in [0.2, 0.25) is 0 Å². The van der Waals surface area contributed by atoms with Gasteiger partial charge >= 0.3 is 0 Å². The van der Waals surface area contributed by atoms with Gasteiger partial charge in [0, 0.05) is 0 Å². The molecule has 3 heteroatoms. The van der Waals surface area contributed by atoms with Crippen LogP contribution in [-0.4, -0.2) is 0 Å². The molecule has 6 aromatic carbocycles. The lowest BCUT2D eigenvalue weighted by Gasteiger charge is -2.00. The Bertz CT molecular complexity index is 1130. The fraction of sp³-hybridized carbons (Fsp3) is 0.0526. The van der Waals surface area contributed by atoms with Crippen molar-refractivity contribution in [1.82, 2.24) is 0 Å². The zero-order chi connectivity index (χ0) is 28.8. The molecule has 6 aromatic rings. The first-order chi connectivity index (χ1) is 20.3. The lowest BCUT2D eigenvalue weighted by Crippen LogP contribution is -2.01. The summed E-state index contributed by atoms with van der Waals surface area (Å²) < 4.78 is 0.